The molecule has 0 spiro atoms. The van der Waals surface area contributed by atoms with Gasteiger partial charge < -0.3 is 14.6 Å². The van der Waals surface area contributed by atoms with Crippen LogP contribution in [0.5, 0.6) is 5.75 Å². The van der Waals surface area contributed by atoms with E-state index in [1.807, 2.05) is 71.3 Å². The molecule has 0 bridgehead atoms. The van der Waals surface area contributed by atoms with Crippen molar-refractivity contribution in [3.8, 4) is 11.8 Å². The number of imidazole rings is 1. The molecule has 0 aliphatic carbocycles. The smallest absolute Gasteiger partial charge is 0.244 e. The lowest BCUT2D eigenvalue weighted by molar-refractivity contribution is -0.116. The fraction of sp³-hybridized carbons (Fsp3) is 0.125. The quantitative estimate of drug-likeness (QED) is 0.504. The number of ether oxygens (including phenoxy) is 1. The lowest BCUT2D eigenvalue weighted by atomic mass is 10.1. The van der Waals surface area contributed by atoms with Gasteiger partial charge in [-0.05, 0) is 42.0 Å². The van der Waals surface area contributed by atoms with E-state index in [4.69, 9.17) is 10.00 Å². The number of carbonyl (C=O) groups is 1. The predicted molar refractivity (Wildman–Crippen MR) is 115 cm³/mol. The Hall–Kier alpha value is -4.11. The van der Waals surface area contributed by atoms with Crippen LogP contribution in [0, 0.1) is 11.3 Å². The van der Waals surface area contributed by atoms with E-state index in [2.05, 4.69) is 16.4 Å². The van der Waals surface area contributed by atoms with Gasteiger partial charge in [-0.3, -0.25) is 4.79 Å². The lowest BCUT2D eigenvalue weighted by Gasteiger charge is -2.11. The van der Waals surface area contributed by atoms with E-state index in [1.54, 1.807) is 12.1 Å². The molecule has 30 heavy (non-hydrogen) atoms. The zero-order valence-corrected chi connectivity index (χ0v) is 16.3. The van der Waals surface area contributed by atoms with Crippen LogP contribution in [0.15, 0.2) is 78.9 Å². The zero-order valence-electron chi connectivity index (χ0n) is 16.3. The highest BCUT2D eigenvalue weighted by Crippen LogP contribution is 2.19. The Morgan fingerprint density at radius 3 is 2.50 bits per heavy atom. The highest BCUT2D eigenvalue weighted by Gasteiger charge is 2.14. The second-order valence-corrected chi connectivity index (χ2v) is 6.78. The molecule has 148 valence electrons. The van der Waals surface area contributed by atoms with Crippen molar-refractivity contribution in [2.75, 3.05) is 5.32 Å². The van der Waals surface area contributed by atoms with Gasteiger partial charge in [0.2, 0.25) is 5.91 Å². The van der Waals surface area contributed by atoms with E-state index in [9.17, 15) is 4.79 Å². The Labute approximate surface area is 174 Å². The van der Waals surface area contributed by atoms with Gasteiger partial charge in [0.05, 0.1) is 23.5 Å². The number of fused-ring (bicyclic) bond motifs is 1. The highest BCUT2D eigenvalue weighted by atomic mass is 16.5. The van der Waals surface area contributed by atoms with Crippen molar-refractivity contribution >= 4 is 22.6 Å². The molecule has 4 aromatic rings. The Morgan fingerprint density at radius 2 is 1.73 bits per heavy atom. The van der Waals surface area contributed by atoms with E-state index in [1.165, 1.54) is 0 Å². The number of benzene rings is 3. The first-order chi connectivity index (χ1) is 14.7. The molecule has 0 atom stereocenters. The summed E-state index contributed by atoms with van der Waals surface area (Å²) in [5.41, 5.74) is 3.30. The first-order valence-electron chi connectivity index (χ1n) is 9.60. The molecule has 0 saturated carbocycles. The first-order valence-corrected chi connectivity index (χ1v) is 9.60. The van der Waals surface area contributed by atoms with Gasteiger partial charge in [-0.15, -0.1) is 0 Å². The number of anilines is 1. The van der Waals surface area contributed by atoms with E-state index in [0.29, 0.717) is 17.9 Å². The van der Waals surface area contributed by atoms with Crippen LogP contribution in [0.4, 0.5) is 5.69 Å². The summed E-state index contributed by atoms with van der Waals surface area (Å²) >= 11 is 0. The summed E-state index contributed by atoms with van der Waals surface area (Å²) in [7, 11) is 0. The maximum Gasteiger partial charge on any atom is 0.244 e. The van der Waals surface area contributed by atoms with Gasteiger partial charge in [0.25, 0.3) is 0 Å². The normalized spacial score (nSPS) is 10.5. The Kier molecular flexibility index (Phi) is 5.72. The number of hydrogen-bond donors (Lipinski definition) is 1. The molecule has 1 N–H and O–H groups in total. The number of nitrogens with one attached hydrogen (secondary N) is 1. The molecule has 1 amide bonds. The van der Waals surface area contributed by atoms with Crippen LogP contribution in [0.3, 0.4) is 0 Å². The van der Waals surface area contributed by atoms with Crippen LogP contribution < -0.4 is 10.1 Å². The summed E-state index contributed by atoms with van der Waals surface area (Å²) < 4.78 is 7.73. The van der Waals surface area contributed by atoms with Crippen molar-refractivity contribution in [1.82, 2.24) is 9.55 Å². The minimum Gasteiger partial charge on any atom is -0.486 e. The number of para-hydroxylation sites is 3. The van der Waals surface area contributed by atoms with E-state index in [-0.39, 0.29) is 19.1 Å². The average molecular weight is 396 g/mol. The summed E-state index contributed by atoms with van der Waals surface area (Å²) in [5, 5.41) is 11.7. The molecule has 0 saturated heterocycles. The molecule has 0 unspecified atom stereocenters. The second kappa shape index (κ2) is 8.93. The van der Waals surface area contributed by atoms with Crippen molar-refractivity contribution in [3.05, 3.63) is 90.3 Å². The topological polar surface area (TPSA) is 79.9 Å². The molecule has 0 radical (unpaired) electrons. The predicted octanol–water partition coefficient (Wildman–Crippen LogP) is 4.32. The molecule has 0 aliphatic heterocycles. The van der Waals surface area contributed by atoms with Crippen LogP contribution in [0.25, 0.3) is 11.0 Å². The highest BCUT2D eigenvalue weighted by molar-refractivity contribution is 5.91. The van der Waals surface area contributed by atoms with Gasteiger partial charge in [-0.2, -0.15) is 5.26 Å². The van der Waals surface area contributed by atoms with Crippen LogP contribution in [0.1, 0.15) is 11.4 Å². The third kappa shape index (κ3) is 4.47. The second-order valence-electron chi connectivity index (χ2n) is 6.78. The average Bonchev–Trinajstić information content (AvgIpc) is 3.12. The molecule has 6 nitrogen and oxygen atoms in total. The molecule has 6 heteroatoms. The number of hydrogen-bond acceptors (Lipinski definition) is 4. The maximum absolute atomic E-state index is 12.7. The standard InChI is InChI=1S/C24H20N4O2/c25-15-14-18-10-12-19(13-11-18)26-24(29)16-28-22-9-5-4-8-21(22)27-23(28)17-30-20-6-2-1-3-7-20/h1-13H,14,16-17H2,(H,26,29). The summed E-state index contributed by atoms with van der Waals surface area (Å²) in [4.78, 5) is 17.4. The minimum atomic E-state index is -0.160. The van der Waals surface area contributed by atoms with Crippen molar-refractivity contribution in [1.29, 1.82) is 5.26 Å². The SMILES string of the molecule is N#CCc1ccc(NC(=O)Cn2c(COc3ccccc3)nc3ccccc32)cc1. The summed E-state index contributed by atoms with van der Waals surface area (Å²) in [6.45, 7) is 0.378. The molecule has 1 heterocycles. The monoisotopic (exact) mass is 396 g/mol. The molecule has 1 aromatic heterocycles. The summed E-state index contributed by atoms with van der Waals surface area (Å²) in [5.74, 6) is 1.27. The summed E-state index contributed by atoms with van der Waals surface area (Å²) in [6, 6.07) is 26.6. The Balaban J connectivity index is 1.51. The Morgan fingerprint density at radius 1 is 1.00 bits per heavy atom. The van der Waals surface area contributed by atoms with Crippen LogP contribution in [-0.2, 0) is 24.4 Å². The number of rotatable bonds is 7. The summed E-state index contributed by atoms with van der Waals surface area (Å²) in [6.07, 6.45) is 0.347. The zero-order chi connectivity index (χ0) is 20.8. The van der Waals surface area contributed by atoms with Crippen LogP contribution in [0.2, 0.25) is 0 Å². The van der Waals surface area contributed by atoms with Crippen LogP contribution in [-0.4, -0.2) is 15.5 Å². The molecular formula is C24H20N4O2. The van der Waals surface area contributed by atoms with Crippen molar-refractivity contribution in [2.45, 2.75) is 19.6 Å². The van der Waals surface area contributed by atoms with Crippen molar-refractivity contribution in [3.63, 3.8) is 0 Å². The number of carbonyl (C=O) groups excluding carboxylic acids is 1. The van der Waals surface area contributed by atoms with Crippen molar-refractivity contribution in [2.24, 2.45) is 0 Å². The van der Waals surface area contributed by atoms with Gasteiger partial charge in [-0.1, -0.05) is 42.5 Å². The first kappa shape index (κ1) is 19.2. The number of nitriles is 1. The molecule has 4 rings (SSSR count). The van der Waals surface area contributed by atoms with Crippen molar-refractivity contribution < 1.29 is 9.53 Å². The fourth-order valence-electron chi connectivity index (χ4n) is 3.22. The fourth-order valence-corrected chi connectivity index (χ4v) is 3.22. The molecule has 3 aromatic carbocycles. The van der Waals surface area contributed by atoms with Gasteiger partial charge >= 0.3 is 0 Å². The van der Waals surface area contributed by atoms with E-state index >= 15 is 0 Å². The maximum atomic E-state index is 12.7. The minimum absolute atomic E-state index is 0.119. The molecule has 0 aliphatic rings. The van der Waals surface area contributed by atoms with E-state index in [0.717, 1.165) is 22.3 Å². The largest absolute Gasteiger partial charge is 0.486 e. The molecule has 0 fully saturated rings. The Bertz CT molecular complexity index is 1190. The number of aromatic nitrogens is 2. The van der Waals surface area contributed by atoms with Gasteiger partial charge in [0, 0.05) is 5.69 Å². The lowest BCUT2D eigenvalue weighted by Crippen LogP contribution is -2.20. The molecular weight excluding hydrogens is 376 g/mol. The van der Waals surface area contributed by atoms with Gasteiger partial charge in [-0.25, -0.2) is 4.98 Å². The third-order valence-corrected chi connectivity index (χ3v) is 4.67. The number of amides is 1. The van der Waals surface area contributed by atoms with Crippen LogP contribution >= 0.6 is 0 Å². The number of nitrogens with zero attached hydrogens (tertiary/aromatic N) is 3. The van der Waals surface area contributed by atoms with Gasteiger partial charge in [0.1, 0.15) is 24.7 Å². The van der Waals surface area contributed by atoms with E-state index < -0.39 is 0 Å². The third-order valence-electron chi connectivity index (χ3n) is 4.67. The van der Waals surface area contributed by atoms with Gasteiger partial charge in [0.15, 0.2) is 0 Å².